The second kappa shape index (κ2) is 7.21. The zero-order chi connectivity index (χ0) is 10.3. The summed E-state index contributed by atoms with van der Waals surface area (Å²) in [5.74, 6) is 0.202. The molecule has 4 heteroatoms. The summed E-state index contributed by atoms with van der Waals surface area (Å²) in [4.78, 5) is 10.2. The van der Waals surface area contributed by atoms with E-state index >= 15 is 0 Å². The van der Waals surface area contributed by atoms with Gasteiger partial charge in [0.05, 0.1) is 6.10 Å². The topological polar surface area (TPSA) is 57.5 Å². The molecule has 0 fully saturated rings. The molecule has 0 rings (SSSR count). The Hall–Kier alpha value is -0.220. The lowest BCUT2D eigenvalue weighted by Crippen LogP contribution is -2.15. The molecule has 2 unspecified atom stereocenters. The summed E-state index contributed by atoms with van der Waals surface area (Å²) >= 11 is 1.69. The lowest BCUT2D eigenvalue weighted by molar-refractivity contribution is -0.137. The number of hydrogen-bond donors (Lipinski definition) is 2. The van der Waals surface area contributed by atoms with Crippen LogP contribution in [0.5, 0.6) is 0 Å². The van der Waals surface area contributed by atoms with Crippen molar-refractivity contribution in [3.05, 3.63) is 0 Å². The van der Waals surface area contributed by atoms with Crippen molar-refractivity contribution in [2.45, 2.75) is 44.5 Å². The quantitative estimate of drug-likeness (QED) is 0.623. The SMILES string of the molecule is CC(O)C(C)SCCCCC(=O)O. The van der Waals surface area contributed by atoms with E-state index in [0.29, 0.717) is 0 Å². The Labute approximate surface area is 83.5 Å². The molecule has 0 bridgehead atoms. The van der Waals surface area contributed by atoms with E-state index in [1.165, 1.54) is 0 Å². The van der Waals surface area contributed by atoms with Gasteiger partial charge in [0, 0.05) is 11.7 Å². The largest absolute Gasteiger partial charge is 0.481 e. The number of carboxylic acids is 1. The van der Waals surface area contributed by atoms with E-state index in [4.69, 9.17) is 10.2 Å². The fraction of sp³-hybridized carbons (Fsp3) is 0.889. The van der Waals surface area contributed by atoms with Crippen LogP contribution in [0.3, 0.4) is 0 Å². The van der Waals surface area contributed by atoms with Gasteiger partial charge in [0.15, 0.2) is 0 Å². The highest BCUT2D eigenvalue weighted by Crippen LogP contribution is 2.16. The van der Waals surface area contributed by atoms with Gasteiger partial charge >= 0.3 is 5.97 Å². The normalized spacial score (nSPS) is 15.3. The molecule has 0 saturated carbocycles. The first-order chi connectivity index (χ1) is 6.04. The molecule has 78 valence electrons. The molecular formula is C9H18O3S. The maximum absolute atomic E-state index is 10.2. The van der Waals surface area contributed by atoms with Gasteiger partial charge in [-0.05, 0) is 25.5 Å². The van der Waals surface area contributed by atoms with Crippen molar-refractivity contribution in [1.29, 1.82) is 0 Å². The van der Waals surface area contributed by atoms with E-state index in [9.17, 15) is 4.79 Å². The number of carboxylic acid groups (broad SMARTS) is 1. The molecule has 2 atom stereocenters. The summed E-state index contributed by atoms with van der Waals surface area (Å²) < 4.78 is 0. The Balaban J connectivity index is 3.21. The van der Waals surface area contributed by atoms with E-state index in [-0.39, 0.29) is 17.8 Å². The highest BCUT2D eigenvalue weighted by atomic mass is 32.2. The predicted octanol–water partition coefficient (Wildman–Crippen LogP) is 1.74. The number of carbonyl (C=O) groups is 1. The van der Waals surface area contributed by atoms with Gasteiger partial charge in [0.1, 0.15) is 0 Å². The van der Waals surface area contributed by atoms with Gasteiger partial charge in [-0.3, -0.25) is 4.79 Å². The first-order valence-electron chi connectivity index (χ1n) is 4.55. The monoisotopic (exact) mass is 206 g/mol. The average molecular weight is 206 g/mol. The molecule has 0 aromatic rings. The fourth-order valence-electron chi connectivity index (χ4n) is 0.787. The Morgan fingerprint density at radius 1 is 1.38 bits per heavy atom. The maximum atomic E-state index is 10.2. The highest BCUT2D eigenvalue weighted by molar-refractivity contribution is 7.99. The van der Waals surface area contributed by atoms with Crippen molar-refractivity contribution in [3.63, 3.8) is 0 Å². The molecular weight excluding hydrogens is 188 g/mol. The fourth-order valence-corrected chi connectivity index (χ4v) is 1.81. The minimum absolute atomic E-state index is 0.241. The lowest BCUT2D eigenvalue weighted by atomic mass is 10.2. The lowest BCUT2D eigenvalue weighted by Gasteiger charge is -2.13. The number of rotatable bonds is 7. The Morgan fingerprint density at radius 3 is 2.46 bits per heavy atom. The van der Waals surface area contributed by atoms with Crippen LogP contribution in [-0.4, -0.2) is 33.3 Å². The van der Waals surface area contributed by atoms with Crippen molar-refractivity contribution >= 4 is 17.7 Å². The van der Waals surface area contributed by atoms with Gasteiger partial charge in [-0.25, -0.2) is 0 Å². The van der Waals surface area contributed by atoms with Crippen molar-refractivity contribution < 1.29 is 15.0 Å². The Bertz CT molecular complexity index is 148. The molecule has 0 amide bonds. The summed E-state index contributed by atoms with van der Waals surface area (Å²) in [6, 6.07) is 0. The third-order valence-corrected chi connectivity index (χ3v) is 3.29. The van der Waals surface area contributed by atoms with Gasteiger partial charge in [-0.1, -0.05) is 6.92 Å². The molecule has 0 aromatic heterocycles. The third kappa shape index (κ3) is 8.12. The Kier molecular flexibility index (Phi) is 7.09. The summed E-state index contributed by atoms with van der Waals surface area (Å²) in [5, 5.41) is 17.8. The summed E-state index contributed by atoms with van der Waals surface area (Å²) in [6.07, 6.45) is 1.61. The number of hydrogen-bond acceptors (Lipinski definition) is 3. The number of unbranched alkanes of at least 4 members (excludes halogenated alkanes) is 1. The maximum Gasteiger partial charge on any atom is 0.303 e. The third-order valence-electron chi connectivity index (χ3n) is 1.85. The molecule has 3 nitrogen and oxygen atoms in total. The Morgan fingerprint density at radius 2 is 2.00 bits per heavy atom. The molecule has 2 N–H and O–H groups in total. The van der Waals surface area contributed by atoms with E-state index in [1.807, 2.05) is 6.92 Å². The first kappa shape index (κ1) is 12.8. The van der Waals surface area contributed by atoms with Gasteiger partial charge < -0.3 is 10.2 Å². The van der Waals surface area contributed by atoms with E-state index in [2.05, 4.69) is 0 Å². The second-order valence-corrected chi connectivity index (χ2v) is 4.65. The van der Waals surface area contributed by atoms with Crippen molar-refractivity contribution in [3.8, 4) is 0 Å². The van der Waals surface area contributed by atoms with Crippen molar-refractivity contribution in [1.82, 2.24) is 0 Å². The summed E-state index contributed by atoms with van der Waals surface area (Å²) in [6.45, 7) is 3.75. The van der Waals surface area contributed by atoms with Crippen LogP contribution in [0.2, 0.25) is 0 Å². The zero-order valence-electron chi connectivity index (χ0n) is 8.19. The van der Waals surface area contributed by atoms with Crippen LogP contribution < -0.4 is 0 Å². The molecule has 0 aliphatic carbocycles. The number of aliphatic hydroxyl groups is 1. The number of aliphatic carboxylic acids is 1. The van der Waals surface area contributed by atoms with Crippen LogP contribution >= 0.6 is 11.8 Å². The van der Waals surface area contributed by atoms with Gasteiger partial charge in [0.2, 0.25) is 0 Å². The predicted molar refractivity (Wildman–Crippen MR) is 55.1 cm³/mol. The number of aliphatic hydroxyl groups excluding tert-OH is 1. The second-order valence-electron chi connectivity index (χ2n) is 3.17. The van der Waals surface area contributed by atoms with Crippen molar-refractivity contribution in [2.75, 3.05) is 5.75 Å². The van der Waals surface area contributed by atoms with Gasteiger partial charge in [-0.2, -0.15) is 11.8 Å². The standard InChI is InChI=1S/C9H18O3S/c1-7(10)8(2)13-6-4-3-5-9(11)12/h7-8,10H,3-6H2,1-2H3,(H,11,12). The molecule has 0 aliphatic heterocycles. The van der Waals surface area contributed by atoms with Gasteiger partial charge in [0.25, 0.3) is 0 Å². The van der Waals surface area contributed by atoms with Gasteiger partial charge in [-0.15, -0.1) is 0 Å². The minimum atomic E-state index is -0.728. The van der Waals surface area contributed by atoms with Crippen LogP contribution in [0.1, 0.15) is 33.1 Å². The summed E-state index contributed by atoms with van der Waals surface area (Å²) in [7, 11) is 0. The summed E-state index contributed by atoms with van der Waals surface area (Å²) in [5.41, 5.74) is 0. The molecule has 0 aromatic carbocycles. The van der Waals surface area contributed by atoms with Crippen LogP contribution in [0, 0.1) is 0 Å². The van der Waals surface area contributed by atoms with E-state index in [0.717, 1.165) is 18.6 Å². The first-order valence-corrected chi connectivity index (χ1v) is 5.60. The molecule has 13 heavy (non-hydrogen) atoms. The molecule has 0 radical (unpaired) electrons. The molecule has 0 heterocycles. The molecule has 0 saturated heterocycles. The van der Waals surface area contributed by atoms with Crippen LogP contribution in [0.25, 0.3) is 0 Å². The van der Waals surface area contributed by atoms with E-state index in [1.54, 1.807) is 18.7 Å². The highest BCUT2D eigenvalue weighted by Gasteiger charge is 2.08. The van der Waals surface area contributed by atoms with Crippen LogP contribution in [-0.2, 0) is 4.79 Å². The van der Waals surface area contributed by atoms with E-state index < -0.39 is 5.97 Å². The molecule has 0 aliphatic rings. The smallest absolute Gasteiger partial charge is 0.303 e. The van der Waals surface area contributed by atoms with Crippen LogP contribution in [0.15, 0.2) is 0 Å². The molecule has 0 spiro atoms. The number of thioether (sulfide) groups is 1. The zero-order valence-corrected chi connectivity index (χ0v) is 9.01. The van der Waals surface area contributed by atoms with Crippen molar-refractivity contribution in [2.24, 2.45) is 0 Å². The average Bonchev–Trinajstić information content (AvgIpc) is 2.02. The minimum Gasteiger partial charge on any atom is -0.481 e. The van der Waals surface area contributed by atoms with Crippen LogP contribution in [0.4, 0.5) is 0 Å².